The van der Waals surface area contributed by atoms with E-state index in [1.165, 1.54) is 17.8 Å². The van der Waals surface area contributed by atoms with Crippen molar-refractivity contribution in [3.05, 3.63) is 54.6 Å². The third-order valence-electron chi connectivity index (χ3n) is 5.98. The first-order chi connectivity index (χ1) is 15.7. The fourth-order valence-electron chi connectivity index (χ4n) is 4.30. The molecule has 1 aliphatic rings. The number of thioether (sulfide) groups is 1. The second-order valence-corrected chi connectivity index (χ2v) is 11.1. The largest absolute Gasteiger partial charge is 0.476 e. The third-order valence-corrected chi connectivity index (χ3v) is 8.79. The van der Waals surface area contributed by atoms with Gasteiger partial charge < -0.3 is 14.7 Å². The summed E-state index contributed by atoms with van der Waals surface area (Å²) >= 11 is 1.34. The first-order valence-corrected chi connectivity index (χ1v) is 13.7. The minimum atomic E-state index is -3.23. The number of anilines is 2. The van der Waals surface area contributed by atoms with Crippen LogP contribution in [0, 0.1) is 5.41 Å². The van der Waals surface area contributed by atoms with Crippen LogP contribution in [0.1, 0.15) is 33.1 Å². The van der Waals surface area contributed by atoms with Crippen molar-refractivity contribution in [1.29, 1.82) is 0 Å². The van der Waals surface area contributed by atoms with E-state index in [0.717, 1.165) is 24.9 Å². The van der Waals surface area contributed by atoms with E-state index in [4.69, 9.17) is 9.84 Å². The van der Waals surface area contributed by atoms with Crippen LogP contribution in [0.2, 0.25) is 0 Å². The highest BCUT2D eigenvalue weighted by Crippen LogP contribution is 2.62. The lowest BCUT2D eigenvalue weighted by atomic mass is 9.82. The van der Waals surface area contributed by atoms with Gasteiger partial charge in [-0.3, -0.25) is 9.11 Å². The highest BCUT2D eigenvalue weighted by Gasteiger charge is 2.41. The number of para-hydroxylation sites is 1. The molecule has 1 unspecified atom stereocenters. The average Bonchev–Trinajstić information content (AvgIpc) is 2.89. The molecule has 33 heavy (non-hydrogen) atoms. The van der Waals surface area contributed by atoms with Crippen molar-refractivity contribution in [3.63, 3.8) is 0 Å². The number of rotatable bonds is 8. The van der Waals surface area contributed by atoms with Crippen LogP contribution in [0.4, 0.5) is 15.8 Å². The molecule has 1 aliphatic heterocycles. The molecule has 1 atom stereocenters. The lowest BCUT2D eigenvalue weighted by Gasteiger charge is -2.41. The van der Waals surface area contributed by atoms with Crippen molar-refractivity contribution in [2.24, 2.45) is 5.41 Å². The van der Waals surface area contributed by atoms with Gasteiger partial charge in [-0.1, -0.05) is 38.5 Å². The Labute approximate surface area is 199 Å². The molecule has 0 aromatic heterocycles. The van der Waals surface area contributed by atoms with E-state index in [2.05, 4.69) is 18.7 Å². The molecule has 0 aliphatic carbocycles. The summed E-state index contributed by atoms with van der Waals surface area (Å²) in [5.74, 6) is -2.80. The molecular weight excluding hydrogens is 465 g/mol. The Hall–Kier alpha value is -2.20. The number of carboxylic acid groups (broad SMARTS) is 1. The molecule has 0 fully saturated rings. The van der Waals surface area contributed by atoms with Gasteiger partial charge in [0.25, 0.3) is 0 Å². The van der Waals surface area contributed by atoms with Crippen LogP contribution >= 0.6 is 22.4 Å². The summed E-state index contributed by atoms with van der Waals surface area (Å²) in [4.78, 5) is 13.9. The average molecular weight is 496 g/mol. The van der Waals surface area contributed by atoms with Gasteiger partial charge in [-0.15, -0.1) is 11.8 Å². The molecule has 0 amide bonds. The summed E-state index contributed by atoms with van der Waals surface area (Å²) in [6.45, 7) is 4.78. The lowest BCUT2D eigenvalue weighted by Crippen LogP contribution is -2.37. The van der Waals surface area contributed by atoms with E-state index in [1.807, 2.05) is 36.6 Å². The molecule has 0 bridgehead atoms. The van der Waals surface area contributed by atoms with Gasteiger partial charge in [0.15, 0.2) is 0 Å². The molecule has 3 rings (SSSR count). The number of ether oxygens (including phenoxy) is 1. The lowest BCUT2D eigenvalue weighted by molar-refractivity contribution is -0.134. The molecule has 0 radical (unpaired) electrons. The van der Waals surface area contributed by atoms with Crippen LogP contribution in [0.25, 0.3) is 0 Å². The second kappa shape index (κ2) is 10.4. The maximum atomic E-state index is 13.5. The fourth-order valence-corrected chi connectivity index (χ4v) is 7.09. The number of nitrogens with zero attached hydrogens (tertiary/aromatic N) is 1. The minimum absolute atomic E-state index is 0.171. The topological polar surface area (TPSA) is 90.2 Å². The molecule has 2 aromatic rings. The van der Waals surface area contributed by atoms with Gasteiger partial charge in [-0.2, -0.15) is 15.0 Å². The summed E-state index contributed by atoms with van der Waals surface area (Å²) < 4.78 is 41.7. The van der Waals surface area contributed by atoms with E-state index in [-0.39, 0.29) is 16.9 Å². The van der Waals surface area contributed by atoms with Crippen LogP contribution in [0.3, 0.4) is 0 Å². The van der Waals surface area contributed by atoms with Crippen LogP contribution in [-0.4, -0.2) is 38.7 Å². The van der Waals surface area contributed by atoms with Gasteiger partial charge in [-0.05, 0) is 37.3 Å². The number of fused-ring (bicyclic) bond motifs is 1. The van der Waals surface area contributed by atoms with Crippen molar-refractivity contribution < 1.29 is 28.1 Å². The van der Waals surface area contributed by atoms with Gasteiger partial charge in [0.2, 0.25) is 5.83 Å². The molecule has 0 spiro atoms. The maximum absolute atomic E-state index is 13.5. The monoisotopic (exact) mass is 495 g/mol. The Morgan fingerprint density at radius 1 is 1.27 bits per heavy atom. The zero-order valence-corrected chi connectivity index (χ0v) is 20.6. The molecule has 0 saturated carbocycles. The van der Waals surface area contributed by atoms with E-state index < -0.39 is 22.4 Å². The summed E-state index contributed by atoms with van der Waals surface area (Å²) in [7, 11) is -3.23. The Morgan fingerprint density at radius 2 is 1.97 bits per heavy atom. The van der Waals surface area contributed by atoms with Crippen molar-refractivity contribution in [1.82, 2.24) is 0 Å². The van der Waals surface area contributed by atoms with Crippen molar-refractivity contribution in [2.45, 2.75) is 42.9 Å². The molecule has 9 heteroatoms. The predicted molar refractivity (Wildman–Crippen MR) is 133 cm³/mol. The number of hydrogen-bond donors (Lipinski definition) is 3. The number of halogens is 1. The maximum Gasteiger partial charge on any atom is 0.368 e. The smallest absolute Gasteiger partial charge is 0.368 e. The predicted octanol–water partition coefficient (Wildman–Crippen LogP) is 7.14. The summed E-state index contributed by atoms with van der Waals surface area (Å²) in [5, 5.41) is 8.78. The molecule has 1 heterocycles. The Kier molecular flexibility index (Phi) is 8.00. The summed E-state index contributed by atoms with van der Waals surface area (Å²) in [5.41, 5.74) is 1.27. The fraction of sp³-hybridized carbons (Fsp3) is 0.375. The minimum Gasteiger partial charge on any atom is -0.476 e. The number of hydrogen-bond acceptors (Lipinski definition) is 6. The zero-order valence-electron chi connectivity index (χ0n) is 19.0. The first kappa shape index (κ1) is 25.4. The number of carbonyl (C=O) groups is 1. The van der Waals surface area contributed by atoms with Crippen LogP contribution < -0.4 is 9.64 Å². The Balaban J connectivity index is 2.23. The van der Waals surface area contributed by atoms with Crippen LogP contribution in [-0.2, 0) is 4.79 Å². The highest BCUT2D eigenvalue weighted by atomic mass is 32.3. The number of aliphatic carboxylic acids is 1. The van der Waals surface area contributed by atoms with E-state index in [0.29, 0.717) is 28.3 Å². The molecule has 0 saturated heterocycles. The molecule has 2 aromatic carbocycles. The summed E-state index contributed by atoms with van der Waals surface area (Å²) in [6.07, 6.45) is 4.86. The first-order valence-electron chi connectivity index (χ1n) is 10.7. The van der Waals surface area contributed by atoms with Crippen LogP contribution in [0.15, 0.2) is 64.3 Å². The molecule has 180 valence electrons. The van der Waals surface area contributed by atoms with Gasteiger partial charge in [0.05, 0.1) is 15.5 Å². The van der Waals surface area contributed by atoms with Crippen molar-refractivity contribution in [2.75, 3.05) is 23.5 Å². The van der Waals surface area contributed by atoms with Crippen molar-refractivity contribution >= 4 is 39.7 Å². The normalized spacial score (nSPS) is 21.2. The van der Waals surface area contributed by atoms with E-state index >= 15 is 0 Å². The standard InChI is InChI=1S/C24H30FNO5S2/c1-4-11-24(5-2)15-26(17-9-7-6-8-10-17)19-12-21(32-3)20(31-14-18(25)23(27)28)13-22(19)33(29,30)16-24/h6-10,12-14,29-30H,4-5,11,15-16H2,1-3H3,(H,27,28)/b18-14-. The molecule has 3 N–H and O–H groups in total. The van der Waals surface area contributed by atoms with E-state index in [1.54, 1.807) is 6.07 Å². The third kappa shape index (κ3) is 5.48. The Bertz CT molecular complexity index is 1030. The molecular formula is C24H30FNO5S2. The van der Waals surface area contributed by atoms with Gasteiger partial charge in [0.1, 0.15) is 12.0 Å². The number of carboxylic acids is 1. The van der Waals surface area contributed by atoms with Gasteiger partial charge in [-0.25, -0.2) is 4.79 Å². The van der Waals surface area contributed by atoms with Gasteiger partial charge >= 0.3 is 5.97 Å². The van der Waals surface area contributed by atoms with Crippen LogP contribution in [0.5, 0.6) is 5.75 Å². The second-order valence-electron chi connectivity index (χ2n) is 8.20. The number of benzene rings is 2. The highest BCUT2D eigenvalue weighted by molar-refractivity contribution is 8.24. The zero-order chi connectivity index (χ0) is 24.2. The molecule has 6 nitrogen and oxygen atoms in total. The van der Waals surface area contributed by atoms with Gasteiger partial charge in [0, 0.05) is 29.5 Å². The SMILES string of the molecule is CCCC1(CC)CN(c2ccccc2)c2cc(SC)c(O/C=C(\F)C(=O)O)cc2S(O)(O)C1. The summed E-state index contributed by atoms with van der Waals surface area (Å²) in [6, 6.07) is 13.1. The Morgan fingerprint density at radius 3 is 2.55 bits per heavy atom. The quantitative estimate of drug-likeness (QED) is 0.204. The van der Waals surface area contributed by atoms with E-state index in [9.17, 15) is 18.3 Å². The van der Waals surface area contributed by atoms with Crippen molar-refractivity contribution in [3.8, 4) is 5.75 Å².